The molecule has 6 nitrogen and oxygen atoms in total. The lowest BCUT2D eigenvalue weighted by molar-refractivity contribution is -0.237. The number of aliphatic hydroxyl groups excluding tert-OH is 1. The van der Waals surface area contributed by atoms with E-state index in [9.17, 15) is 19.8 Å². The maximum absolute atomic E-state index is 13.2. The molecule has 1 aromatic carbocycles. The van der Waals surface area contributed by atoms with Crippen molar-refractivity contribution < 1.29 is 29.3 Å². The van der Waals surface area contributed by atoms with Crippen molar-refractivity contribution in [2.75, 3.05) is 0 Å². The number of hydrogen-bond donors (Lipinski definition) is 2. The SMILES string of the molecule is CC(=O)O[C@@H]1CC[C@]2(O)[C@@H]3CC=C4C[C@@H](O)CC[C@]4(C)[C@H]3C[C@@H](OC(=O)c3ccccc3)[C@]12C. The Labute approximate surface area is 201 Å². The van der Waals surface area contributed by atoms with Crippen molar-refractivity contribution in [3.05, 3.63) is 47.5 Å². The fourth-order valence-electron chi connectivity index (χ4n) is 7.85. The largest absolute Gasteiger partial charge is 0.462 e. The molecule has 34 heavy (non-hydrogen) atoms. The Morgan fingerprint density at radius 1 is 1.00 bits per heavy atom. The van der Waals surface area contributed by atoms with E-state index >= 15 is 0 Å². The van der Waals surface area contributed by atoms with Crippen molar-refractivity contribution in [2.45, 2.75) is 89.6 Å². The lowest BCUT2D eigenvalue weighted by Gasteiger charge is -2.62. The summed E-state index contributed by atoms with van der Waals surface area (Å²) in [4.78, 5) is 25.2. The number of hydrogen-bond acceptors (Lipinski definition) is 6. The molecule has 0 aromatic heterocycles. The second-order valence-corrected chi connectivity index (χ2v) is 11.3. The molecule has 0 heterocycles. The van der Waals surface area contributed by atoms with Crippen LogP contribution in [0.15, 0.2) is 42.0 Å². The van der Waals surface area contributed by atoms with E-state index in [0.29, 0.717) is 31.2 Å². The van der Waals surface area contributed by atoms with Gasteiger partial charge in [0.05, 0.1) is 22.7 Å². The molecule has 3 fully saturated rings. The fourth-order valence-corrected chi connectivity index (χ4v) is 7.85. The molecular weight excluding hydrogens is 432 g/mol. The summed E-state index contributed by atoms with van der Waals surface area (Å²) in [6.45, 7) is 5.59. The first kappa shape index (κ1) is 23.6. The Balaban J connectivity index is 1.56. The average molecular weight is 469 g/mol. The summed E-state index contributed by atoms with van der Waals surface area (Å²) in [5.74, 6) is -0.710. The molecule has 0 radical (unpaired) electrons. The maximum atomic E-state index is 13.2. The number of carbonyl (C=O) groups is 2. The minimum atomic E-state index is -1.13. The molecule has 0 spiro atoms. The second-order valence-electron chi connectivity index (χ2n) is 11.3. The number of allylic oxidation sites excluding steroid dienone is 1. The molecule has 0 saturated heterocycles. The molecule has 3 saturated carbocycles. The van der Waals surface area contributed by atoms with Crippen molar-refractivity contribution >= 4 is 11.9 Å². The van der Waals surface area contributed by atoms with Gasteiger partial charge in [-0.2, -0.15) is 0 Å². The molecule has 0 bridgehead atoms. The molecule has 2 N–H and O–H groups in total. The Bertz CT molecular complexity index is 1000. The number of esters is 2. The highest BCUT2D eigenvalue weighted by Gasteiger charge is 2.72. The zero-order chi connectivity index (χ0) is 24.3. The molecule has 6 heteroatoms. The summed E-state index contributed by atoms with van der Waals surface area (Å²) >= 11 is 0. The zero-order valence-corrected chi connectivity index (χ0v) is 20.3. The normalized spacial score (nSPS) is 43.1. The lowest BCUT2D eigenvalue weighted by Crippen LogP contribution is -2.67. The molecule has 184 valence electrons. The van der Waals surface area contributed by atoms with Crippen LogP contribution in [0.4, 0.5) is 0 Å². The Hall–Kier alpha value is -2.18. The molecule has 4 aliphatic rings. The summed E-state index contributed by atoms with van der Waals surface area (Å²) in [6.07, 6.45) is 5.42. The number of fused-ring (bicyclic) bond motifs is 5. The topological polar surface area (TPSA) is 93.1 Å². The number of rotatable bonds is 3. The van der Waals surface area contributed by atoms with Gasteiger partial charge in [0, 0.05) is 6.92 Å². The van der Waals surface area contributed by atoms with Crippen LogP contribution in [0.1, 0.15) is 76.1 Å². The van der Waals surface area contributed by atoms with Crippen LogP contribution in [0, 0.1) is 22.7 Å². The van der Waals surface area contributed by atoms with E-state index < -0.39 is 29.2 Å². The first-order valence-electron chi connectivity index (χ1n) is 12.6. The van der Waals surface area contributed by atoms with E-state index in [2.05, 4.69) is 13.0 Å². The minimum absolute atomic E-state index is 0.0197. The zero-order valence-electron chi connectivity index (χ0n) is 20.3. The van der Waals surface area contributed by atoms with E-state index in [1.165, 1.54) is 12.5 Å². The van der Waals surface area contributed by atoms with E-state index in [4.69, 9.17) is 9.47 Å². The maximum Gasteiger partial charge on any atom is 0.338 e. The van der Waals surface area contributed by atoms with Gasteiger partial charge in [0.2, 0.25) is 0 Å². The number of ether oxygens (including phenoxy) is 2. The summed E-state index contributed by atoms with van der Waals surface area (Å²) < 4.78 is 12.0. The van der Waals surface area contributed by atoms with Gasteiger partial charge in [0.1, 0.15) is 12.2 Å². The highest BCUT2D eigenvalue weighted by Crippen LogP contribution is 2.67. The van der Waals surface area contributed by atoms with Crippen LogP contribution in [0.5, 0.6) is 0 Å². The first-order chi connectivity index (χ1) is 16.1. The smallest absolute Gasteiger partial charge is 0.338 e. The summed E-state index contributed by atoms with van der Waals surface area (Å²) in [5.41, 5.74) is -0.452. The Morgan fingerprint density at radius 3 is 2.44 bits per heavy atom. The molecule has 8 atom stereocenters. The molecule has 0 aliphatic heterocycles. The van der Waals surface area contributed by atoms with Crippen LogP contribution in [-0.2, 0) is 14.3 Å². The Kier molecular flexibility index (Phi) is 5.68. The third-order valence-corrected chi connectivity index (χ3v) is 9.81. The van der Waals surface area contributed by atoms with Crippen LogP contribution in [0.3, 0.4) is 0 Å². The van der Waals surface area contributed by atoms with E-state index in [-0.39, 0.29) is 29.3 Å². The second kappa shape index (κ2) is 8.20. The number of carbonyl (C=O) groups excluding carboxylic acids is 2. The van der Waals surface area contributed by atoms with Gasteiger partial charge in [-0.3, -0.25) is 4.79 Å². The predicted molar refractivity (Wildman–Crippen MR) is 126 cm³/mol. The quantitative estimate of drug-likeness (QED) is 0.510. The van der Waals surface area contributed by atoms with Gasteiger partial charge in [-0.1, -0.05) is 36.8 Å². The van der Waals surface area contributed by atoms with Gasteiger partial charge < -0.3 is 19.7 Å². The molecule has 0 amide bonds. The van der Waals surface area contributed by atoms with E-state index in [0.717, 1.165) is 19.3 Å². The van der Waals surface area contributed by atoms with Crippen LogP contribution >= 0.6 is 0 Å². The summed E-state index contributed by atoms with van der Waals surface area (Å²) in [6, 6.07) is 8.91. The Morgan fingerprint density at radius 2 is 1.74 bits per heavy atom. The average Bonchev–Trinajstić information content (AvgIpc) is 3.07. The van der Waals surface area contributed by atoms with Crippen molar-refractivity contribution in [3.63, 3.8) is 0 Å². The van der Waals surface area contributed by atoms with Crippen LogP contribution in [-0.4, -0.2) is 46.1 Å². The number of benzene rings is 1. The van der Waals surface area contributed by atoms with Gasteiger partial charge >= 0.3 is 11.9 Å². The van der Waals surface area contributed by atoms with Crippen molar-refractivity contribution in [3.8, 4) is 0 Å². The van der Waals surface area contributed by atoms with Crippen molar-refractivity contribution in [1.82, 2.24) is 0 Å². The standard InChI is InChI=1S/C28H36O6/c1-17(29)33-23-12-14-28(32)21-10-9-19-15-20(30)11-13-26(19,2)22(21)16-24(27(23,28)3)34-25(31)18-7-5-4-6-8-18/h4-9,20-24,30,32H,10-16H2,1-3H3/t20-,21+,22-,23+,24+,26-,27-,28-/m0/s1. The van der Waals surface area contributed by atoms with Gasteiger partial charge in [-0.25, -0.2) is 4.79 Å². The highest BCUT2D eigenvalue weighted by atomic mass is 16.6. The minimum Gasteiger partial charge on any atom is -0.462 e. The molecule has 1 aromatic rings. The third-order valence-electron chi connectivity index (χ3n) is 9.81. The van der Waals surface area contributed by atoms with Gasteiger partial charge in [0.15, 0.2) is 0 Å². The predicted octanol–water partition coefficient (Wildman–Crippen LogP) is 4.19. The van der Waals surface area contributed by atoms with Crippen molar-refractivity contribution in [1.29, 1.82) is 0 Å². The van der Waals surface area contributed by atoms with Crippen LogP contribution < -0.4 is 0 Å². The first-order valence-corrected chi connectivity index (χ1v) is 12.6. The summed E-state index contributed by atoms with van der Waals surface area (Å²) in [5, 5.41) is 22.7. The molecule has 0 unspecified atom stereocenters. The van der Waals surface area contributed by atoms with Crippen molar-refractivity contribution in [2.24, 2.45) is 22.7 Å². The van der Waals surface area contributed by atoms with Crippen LogP contribution in [0.25, 0.3) is 0 Å². The molecular formula is C28H36O6. The third kappa shape index (κ3) is 3.36. The van der Waals surface area contributed by atoms with E-state index in [1.54, 1.807) is 24.3 Å². The highest BCUT2D eigenvalue weighted by molar-refractivity contribution is 5.89. The van der Waals surface area contributed by atoms with Gasteiger partial charge in [0.25, 0.3) is 0 Å². The van der Waals surface area contributed by atoms with Crippen LogP contribution in [0.2, 0.25) is 0 Å². The summed E-state index contributed by atoms with van der Waals surface area (Å²) in [7, 11) is 0. The fraction of sp³-hybridized carbons (Fsp3) is 0.643. The van der Waals surface area contributed by atoms with E-state index in [1.807, 2.05) is 13.0 Å². The number of aliphatic hydroxyl groups is 2. The van der Waals surface area contributed by atoms with Gasteiger partial charge in [-0.15, -0.1) is 0 Å². The molecule has 5 rings (SSSR count). The van der Waals surface area contributed by atoms with Gasteiger partial charge in [-0.05, 0) is 81.3 Å². The lowest BCUT2D eigenvalue weighted by atomic mass is 9.45. The molecule has 4 aliphatic carbocycles. The monoisotopic (exact) mass is 468 g/mol.